The number of benzene rings is 2. The van der Waals surface area contributed by atoms with Crippen molar-refractivity contribution in [3.05, 3.63) is 83.8 Å². The highest BCUT2D eigenvalue weighted by Crippen LogP contribution is 2.12. The minimum Gasteiger partial charge on any atom is -0.366 e. The molecule has 0 atom stereocenters. The number of nitrogens with zero attached hydrogens (tertiary/aromatic N) is 2. The van der Waals surface area contributed by atoms with E-state index < -0.39 is 11.7 Å². The minimum absolute atomic E-state index is 0.140. The van der Waals surface area contributed by atoms with Crippen LogP contribution in [0.15, 0.2) is 60.9 Å². The number of halogens is 2. The molecule has 0 saturated heterocycles. The van der Waals surface area contributed by atoms with Gasteiger partial charge in [0.05, 0.1) is 0 Å². The summed E-state index contributed by atoms with van der Waals surface area (Å²) in [4.78, 5) is 20.2. The Kier molecular flexibility index (Phi) is 4.94. The SMILES string of the molecule is O=C(Nc1cccc(F)c1)c1cc(NCc2ccc(F)cc2)ncn1. The van der Waals surface area contributed by atoms with E-state index in [1.807, 2.05) is 0 Å². The molecule has 7 heteroatoms. The molecule has 5 nitrogen and oxygen atoms in total. The predicted molar refractivity (Wildman–Crippen MR) is 90.1 cm³/mol. The fourth-order valence-corrected chi connectivity index (χ4v) is 2.13. The van der Waals surface area contributed by atoms with Gasteiger partial charge in [0, 0.05) is 18.3 Å². The molecule has 1 aromatic heterocycles. The highest BCUT2D eigenvalue weighted by Gasteiger charge is 2.09. The Hall–Kier alpha value is -3.35. The summed E-state index contributed by atoms with van der Waals surface area (Å²) in [6, 6.07) is 13.1. The zero-order valence-electron chi connectivity index (χ0n) is 13.0. The van der Waals surface area contributed by atoms with Gasteiger partial charge in [-0.05, 0) is 35.9 Å². The van der Waals surface area contributed by atoms with Crippen LogP contribution in [0.5, 0.6) is 0 Å². The number of anilines is 2. The number of nitrogens with one attached hydrogen (secondary N) is 2. The second-order valence-electron chi connectivity index (χ2n) is 5.23. The van der Waals surface area contributed by atoms with E-state index in [1.54, 1.807) is 18.2 Å². The van der Waals surface area contributed by atoms with Crippen molar-refractivity contribution in [1.82, 2.24) is 9.97 Å². The van der Waals surface area contributed by atoms with Gasteiger partial charge in [0.1, 0.15) is 29.5 Å². The van der Waals surface area contributed by atoms with Gasteiger partial charge in [-0.25, -0.2) is 18.7 Å². The topological polar surface area (TPSA) is 66.9 Å². The van der Waals surface area contributed by atoms with E-state index in [0.29, 0.717) is 18.1 Å². The molecule has 3 rings (SSSR count). The van der Waals surface area contributed by atoms with Gasteiger partial charge in [0.15, 0.2) is 0 Å². The van der Waals surface area contributed by atoms with Gasteiger partial charge in [-0.15, -0.1) is 0 Å². The molecule has 0 unspecified atom stereocenters. The second kappa shape index (κ2) is 7.48. The van der Waals surface area contributed by atoms with Crippen molar-refractivity contribution >= 4 is 17.4 Å². The van der Waals surface area contributed by atoms with Gasteiger partial charge in [-0.3, -0.25) is 4.79 Å². The van der Waals surface area contributed by atoms with E-state index in [-0.39, 0.29) is 11.5 Å². The number of carbonyl (C=O) groups excluding carboxylic acids is 1. The van der Waals surface area contributed by atoms with Gasteiger partial charge in [0.25, 0.3) is 5.91 Å². The van der Waals surface area contributed by atoms with Gasteiger partial charge in [0.2, 0.25) is 0 Å². The number of carbonyl (C=O) groups is 1. The van der Waals surface area contributed by atoms with Crippen LogP contribution in [0.4, 0.5) is 20.3 Å². The van der Waals surface area contributed by atoms with Crippen LogP contribution in [0, 0.1) is 11.6 Å². The molecule has 25 heavy (non-hydrogen) atoms. The largest absolute Gasteiger partial charge is 0.366 e. The summed E-state index contributed by atoms with van der Waals surface area (Å²) in [5, 5.41) is 5.60. The lowest BCUT2D eigenvalue weighted by Gasteiger charge is -2.08. The number of amides is 1. The zero-order valence-corrected chi connectivity index (χ0v) is 13.0. The number of hydrogen-bond donors (Lipinski definition) is 2. The van der Waals surface area contributed by atoms with Crippen molar-refractivity contribution < 1.29 is 13.6 Å². The quantitative estimate of drug-likeness (QED) is 0.744. The van der Waals surface area contributed by atoms with Crippen LogP contribution in [-0.2, 0) is 6.54 Å². The first-order chi connectivity index (χ1) is 12.1. The van der Waals surface area contributed by atoms with E-state index in [0.717, 1.165) is 5.56 Å². The maximum atomic E-state index is 13.2. The number of rotatable bonds is 5. The normalized spacial score (nSPS) is 10.3. The first-order valence-corrected chi connectivity index (χ1v) is 7.47. The van der Waals surface area contributed by atoms with Crippen LogP contribution in [0.2, 0.25) is 0 Å². The molecule has 126 valence electrons. The molecule has 1 heterocycles. The van der Waals surface area contributed by atoms with Crippen molar-refractivity contribution in [2.45, 2.75) is 6.54 Å². The van der Waals surface area contributed by atoms with E-state index in [1.165, 1.54) is 42.7 Å². The number of hydrogen-bond acceptors (Lipinski definition) is 4. The van der Waals surface area contributed by atoms with E-state index in [9.17, 15) is 13.6 Å². The summed E-state index contributed by atoms with van der Waals surface area (Å²) >= 11 is 0. The van der Waals surface area contributed by atoms with E-state index >= 15 is 0 Å². The highest BCUT2D eigenvalue weighted by atomic mass is 19.1. The van der Waals surface area contributed by atoms with Crippen molar-refractivity contribution in [1.29, 1.82) is 0 Å². The smallest absolute Gasteiger partial charge is 0.274 e. The Morgan fingerprint density at radius 2 is 1.76 bits per heavy atom. The minimum atomic E-state index is -0.474. The van der Waals surface area contributed by atoms with Crippen molar-refractivity contribution in [2.24, 2.45) is 0 Å². The maximum absolute atomic E-state index is 13.2. The van der Waals surface area contributed by atoms with Gasteiger partial charge >= 0.3 is 0 Å². The third-order valence-electron chi connectivity index (χ3n) is 3.37. The summed E-state index contributed by atoms with van der Waals surface area (Å²) in [6.45, 7) is 0.419. The van der Waals surface area contributed by atoms with Crippen molar-refractivity contribution in [3.8, 4) is 0 Å². The van der Waals surface area contributed by atoms with Crippen molar-refractivity contribution in [3.63, 3.8) is 0 Å². The molecule has 0 aliphatic rings. The van der Waals surface area contributed by atoms with Gasteiger partial charge in [-0.1, -0.05) is 18.2 Å². The molecule has 3 aromatic rings. The molecule has 0 bridgehead atoms. The Bertz CT molecular complexity index is 884. The fourth-order valence-electron chi connectivity index (χ4n) is 2.13. The average Bonchev–Trinajstić information content (AvgIpc) is 2.61. The Balaban J connectivity index is 1.66. The van der Waals surface area contributed by atoms with Gasteiger partial charge in [-0.2, -0.15) is 0 Å². The van der Waals surface area contributed by atoms with Crippen LogP contribution < -0.4 is 10.6 Å². The summed E-state index contributed by atoms with van der Waals surface area (Å²) in [5.41, 5.74) is 1.34. The summed E-state index contributed by atoms with van der Waals surface area (Å²) in [6.07, 6.45) is 1.26. The molecule has 1 amide bonds. The van der Waals surface area contributed by atoms with E-state index in [2.05, 4.69) is 20.6 Å². The lowest BCUT2D eigenvalue weighted by Crippen LogP contribution is -2.14. The molecule has 0 radical (unpaired) electrons. The summed E-state index contributed by atoms with van der Waals surface area (Å²) in [5.74, 6) is -0.772. The van der Waals surface area contributed by atoms with Crippen LogP contribution in [0.1, 0.15) is 16.1 Å². The van der Waals surface area contributed by atoms with Crippen LogP contribution in [0.3, 0.4) is 0 Å². The molecule has 2 aromatic carbocycles. The third kappa shape index (κ3) is 4.57. The first kappa shape index (κ1) is 16.5. The molecular formula is C18H14F2N4O. The summed E-state index contributed by atoms with van der Waals surface area (Å²) < 4.78 is 26.0. The first-order valence-electron chi connectivity index (χ1n) is 7.47. The molecule has 2 N–H and O–H groups in total. The summed E-state index contributed by atoms with van der Waals surface area (Å²) in [7, 11) is 0. The van der Waals surface area contributed by atoms with Gasteiger partial charge < -0.3 is 10.6 Å². The molecule has 0 aliphatic carbocycles. The Morgan fingerprint density at radius 1 is 0.960 bits per heavy atom. The van der Waals surface area contributed by atoms with E-state index in [4.69, 9.17) is 0 Å². The lowest BCUT2D eigenvalue weighted by atomic mass is 10.2. The predicted octanol–water partition coefficient (Wildman–Crippen LogP) is 3.62. The highest BCUT2D eigenvalue weighted by molar-refractivity contribution is 6.03. The van der Waals surface area contributed by atoms with Crippen LogP contribution >= 0.6 is 0 Å². The Morgan fingerprint density at radius 3 is 2.52 bits per heavy atom. The Labute approximate surface area is 142 Å². The third-order valence-corrected chi connectivity index (χ3v) is 3.37. The standard InChI is InChI=1S/C18H14F2N4O/c19-13-6-4-12(5-7-13)10-21-17-9-16(22-11-23-17)18(25)24-15-3-1-2-14(20)8-15/h1-9,11H,10H2,(H,24,25)(H,21,22,23). The monoisotopic (exact) mass is 340 g/mol. The number of aromatic nitrogens is 2. The molecule has 0 spiro atoms. The molecule has 0 saturated carbocycles. The molecule has 0 aliphatic heterocycles. The molecule has 0 fully saturated rings. The fraction of sp³-hybridized carbons (Fsp3) is 0.0556. The van der Waals surface area contributed by atoms with Crippen LogP contribution in [-0.4, -0.2) is 15.9 Å². The van der Waals surface area contributed by atoms with Crippen molar-refractivity contribution in [2.75, 3.05) is 10.6 Å². The lowest BCUT2D eigenvalue weighted by molar-refractivity contribution is 0.102. The zero-order chi connectivity index (χ0) is 17.6. The average molecular weight is 340 g/mol. The second-order valence-corrected chi connectivity index (χ2v) is 5.23. The maximum Gasteiger partial charge on any atom is 0.274 e. The molecular weight excluding hydrogens is 326 g/mol. The van der Waals surface area contributed by atoms with Crippen LogP contribution in [0.25, 0.3) is 0 Å².